The van der Waals surface area contributed by atoms with Crippen LogP contribution in [0.3, 0.4) is 0 Å². The minimum atomic E-state index is -0.702. The van der Waals surface area contributed by atoms with Crippen molar-refractivity contribution in [2.45, 2.75) is 32.9 Å². The van der Waals surface area contributed by atoms with Crippen LogP contribution in [0, 0.1) is 11.6 Å². The van der Waals surface area contributed by atoms with Gasteiger partial charge in [-0.05, 0) is 62.7 Å². The largest absolute Gasteiger partial charge is 0.444 e. The van der Waals surface area contributed by atoms with Crippen LogP contribution in [0.1, 0.15) is 36.7 Å². The predicted octanol–water partition coefficient (Wildman–Crippen LogP) is 4.24. The van der Waals surface area contributed by atoms with E-state index in [0.29, 0.717) is 16.8 Å². The third-order valence-corrected chi connectivity index (χ3v) is 3.17. The van der Waals surface area contributed by atoms with Crippen LogP contribution in [-0.4, -0.2) is 17.6 Å². The van der Waals surface area contributed by atoms with Crippen molar-refractivity contribution in [1.82, 2.24) is 5.32 Å². The Hall–Kier alpha value is -2.96. The average Bonchev–Trinajstić information content (AvgIpc) is 2.50. The van der Waals surface area contributed by atoms with E-state index in [0.717, 1.165) is 18.2 Å². The fourth-order valence-electron chi connectivity index (χ4n) is 2.12. The van der Waals surface area contributed by atoms with E-state index in [2.05, 4.69) is 10.6 Å². The smallest absolute Gasteiger partial charge is 0.412 e. The molecule has 0 aliphatic carbocycles. The zero-order valence-corrected chi connectivity index (χ0v) is 14.7. The number of benzene rings is 2. The topological polar surface area (TPSA) is 67.4 Å². The van der Waals surface area contributed by atoms with Gasteiger partial charge in [-0.2, -0.15) is 0 Å². The van der Waals surface area contributed by atoms with E-state index < -0.39 is 29.2 Å². The Morgan fingerprint density at radius 1 is 1.00 bits per heavy atom. The fourth-order valence-corrected chi connectivity index (χ4v) is 2.12. The molecule has 0 unspecified atom stereocenters. The second kappa shape index (κ2) is 7.95. The predicted molar refractivity (Wildman–Crippen MR) is 93.8 cm³/mol. The first-order valence-electron chi connectivity index (χ1n) is 7.95. The first kappa shape index (κ1) is 19.4. The molecule has 0 atom stereocenters. The normalized spacial score (nSPS) is 11.0. The number of halogens is 2. The second-order valence-corrected chi connectivity index (χ2v) is 6.66. The molecule has 0 aromatic heterocycles. The van der Waals surface area contributed by atoms with Crippen molar-refractivity contribution in [2.75, 3.05) is 5.32 Å². The summed E-state index contributed by atoms with van der Waals surface area (Å²) in [6, 6.07) is 9.22. The van der Waals surface area contributed by atoms with E-state index in [9.17, 15) is 18.4 Å². The molecule has 2 amide bonds. The molecule has 0 saturated carbocycles. The molecule has 0 aliphatic heterocycles. The Kier molecular flexibility index (Phi) is 5.92. The van der Waals surface area contributed by atoms with E-state index in [-0.39, 0.29) is 6.54 Å². The van der Waals surface area contributed by atoms with Crippen molar-refractivity contribution in [1.29, 1.82) is 0 Å². The summed E-state index contributed by atoms with van der Waals surface area (Å²) in [5.41, 5.74) is 0.527. The standard InChI is InChI=1S/C19H20F2N2O3/c1-19(2,3)26-18(25)23-16-6-4-13(5-7-16)17(24)22-11-12-8-14(20)10-15(21)9-12/h4-10H,11H2,1-3H3,(H,22,24)(H,23,25). The van der Waals surface area contributed by atoms with Crippen LogP contribution in [0.2, 0.25) is 0 Å². The Bertz CT molecular complexity index is 779. The second-order valence-electron chi connectivity index (χ2n) is 6.66. The lowest BCUT2D eigenvalue weighted by atomic mass is 10.1. The highest BCUT2D eigenvalue weighted by molar-refractivity contribution is 5.95. The molecule has 2 rings (SSSR count). The molecule has 2 aromatic rings. The Morgan fingerprint density at radius 2 is 1.58 bits per heavy atom. The maximum atomic E-state index is 13.1. The van der Waals surface area contributed by atoms with Gasteiger partial charge in [0.1, 0.15) is 17.2 Å². The molecule has 7 heteroatoms. The molecule has 138 valence electrons. The number of rotatable bonds is 4. The zero-order chi connectivity index (χ0) is 19.3. The molecule has 0 spiro atoms. The number of hydrogen-bond acceptors (Lipinski definition) is 3. The van der Waals surface area contributed by atoms with E-state index >= 15 is 0 Å². The first-order chi connectivity index (χ1) is 12.1. The Labute approximate surface area is 150 Å². The highest BCUT2D eigenvalue weighted by Crippen LogP contribution is 2.13. The van der Waals surface area contributed by atoms with E-state index in [1.165, 1.54) is 12.1 Å². The number of carbonyl (C=O) groups excluding carboxylic acids is 2. The van der Waals surface area contributed by atoms with Crippen LogP contribution in [0.4, 0.5) is 19.3 Å². The molecule has 5 nitrogen and oxygen atoms in total. The summed E-state index contributed by atoms with van der Waals surface area (Å²) in [6.45, 7) is 5.25. The molecule has 26 heavy (non-hydrogen) atoms. The van der Waals surface area contributed by atoms with Gasteiger partial charge in [-0.3, -0.25) is 10.1 Å². The van der Waals surface area contributed by atoms with Crippen molar-refractivity contribution in [2.24, 2.45) is 0 Å². The van der Waals surface area contributed by atoms with E-state index in [1.54, 1.807) is 32.9 Å². The van der Waals surface area contributed by atoms with Crippen LogP contribution >= 0.6 is 0 Å². The van der Waals surface area contributed by atoms with Gasteiger partial charge in [0.2, 0.25) is 0 Å². The summed E-state index contributed by atoms with van der Waals surface area (Å²) in [5.74, 6) is -1.81. The van der Waals surface area contributed by atoms with Crippen molar-refractivity contribution < 1.29 is 23.1 Å². The summed E-state index contributed by atoms with van der Waals surface area (Å²) < 4.78 is 31.4. The van der Waals surface area contributed by atoms with Crippen LogP contribution in [0.25, 0.3) is 0 Å². The minimum Gasteiger partial charge on any atom is -0.444 e. The van der Waals surface area contributed by atoms with E-state index in [1.807, 2.05) is 0 Å². The van der Waals surface area contributed by atoms with Gasteiger partial charge in [0.05, 0.1) is 0 Å². The van der Waals surface area contributed by atoms with Crippen molar-refractivity contribution in [3.63, 3.8) is 0 Å². The van der Waals surface area contributed by atoms with Gasteiger partial charge in [0.25, 0.3) is 5.91 Å². The van der Waals surface area contributed by atoms with Gasteiger partial charge in [-0.25, -0.2) is 13.6 Å². The van der Waals surface area contributed by atoms with Crippen molar-refractivity contribution in [3.8, 4) is 0 Å². The quantitative estimate of drug-likeness (QED) is 0.855. The molecule has 0 aliphatic rings. The maximum Gasteiger partial charge on any atom is 0.412 e. The maximum absolute atomic E-state index is 13.1. The third-order valence-electron chi connectivity index (χ3n) is 3.17. The lowest BCUT2D eigenvalue weighted by Gasteiger charge is -2.19. The van der Waals surface area contributed by atoms with Crippen LogP contribution < -0.4 is 10.6 Å². The van der Waals surface area contributed by atoms with Gasteiger partial charge < -0.3 is 10.1 Å². The molecule has 2 N–H and O–H groups in total. The highest BCUT2D eigenvalue weighted by Gasteiger charge is 2.16. The van der Waals surface area contributed by atoms with E-state index in [4.69, 9.17) is 4.74 Å². The lowest BCUT2D eigenvalue weighted by Crippen LogP contribution is -2.27. The monoisotopic (exact) mass is 362 g/mol. The summed E-state index contributed by atoms with van der Waals surface area (Å²) in [5, 5.41) is 5.14. The number of amides is 2. The Balaban J connectivity index is 1.92. The average molecular weight is 362 g/mol. The SMILES string of the molecule is CC(C)(C)OC(=O)Nc1ccc(C(=O)NCc2cc(F)cc(F)c2)cc1. The summed E-state index contributed by atoms with van der Waals surface area (Å²) in [4.78, 5) is 23.8. The Morgan fingerprint density at radius 3 is 2.12 bits per heavy atom. The van der Waals surface area contributed by atoms with Crippen molar-refractivity contribution >= 4 is 17.7 Å². The molecular formula is C19H20F2N2O3. The van der Waals surface area contributed by atoms with Gasteiger partial charge in [-0.1, -0.05) is 0 Å². The molecule has 0 saturated heterocycles. The number of anilines is 1. The number of hydrogen-bond donors (Lipinski definition) is 2. The lowest BCUT2D eigenvalue weighted by molar-refractivity contribution is 0.0635. The fraction of sp³-hybridized carbons (Fsp3) is 0.263. The van der Waals surface area contributed by atoms with Gasteiger partial charge in [0.15, 0.2) is 0 Å². The van der Waals surface area contributed by atoms with Gasteiger partial charge >= 0.3 is 6.09 Å². The highest BCUT2D eigenvalue weighted by atomic mass is 19.1. The number of carbonyl (C=O) groups is 2. The minimum absolute atomic E-state index is 0.00851. The van der Waals surface area contributed by atoms with Crippen LogP contribution in [0.15, 0.2) is 42.5 Å². The summed E-state index contributed by atoms with van der Waals surface area (Å²) >= 11 is 0. The number of ether oxygens (including phenoxy) is 1. The molecule has 0 bridgehead atoms. The van der Waals surface area contributed by atoms with Gasteiger partial charge in [-0.15, -0.1) is 0 Å². The molecule has 2 aromatic carbocycles. The molecular weight excluding hydrogens is 342 g/mol. The molecule has 0 fully saturated rings. The van der Waals surface area contributed by atoms with Crippen LogP contribution in [0.5, 0.6) is 0 Å². The summed E-state index contributed by atoms with van der Waals surface area (Å²) in [7, 11) is 0. The van der Waals surface area contributed by atoms with Crippen LogP contribution in [-0.2, 0) is 11.3 Å². The van der Waals surface area contributed by atoms with Gasteiger partial charge in [0, 0.05) is 23.9 Å². The zero-order valence-electron chi connectivity index (χ0n) is 14.7. The third kappa shape index (κ3) is 6.16. The summed E-state index contributed by atoms with van der Waals surface area (Å²) in [6.07, 6.45) is -0.595. The molecule has 0 radical (unpaired) electrons. The molecule has 0 heterocycles. The number of nitrogens with one attached hydrogen (secondary N) is 2. The first-order valence-corrected chi connectivity index (χ1v) is 7.95. The van der Waals surface area contributed by atoms with Crippen molar-refractivity contribution in [3.05, 3.63) is 65.2 Å².